The summed E-state index contributed by atoms with van der Waals surface area (Å²) in [6.45, 7) is 2.02. The Bertz CT molecular complexity index is 1510. The molecule has 0 fully saturated rings. The van der Waals surface area contributed by atoms with Crippen molar-refractivity contribution in [3.63, 3.8) is 0 Å². The van der Waals surface area contributed by atoms with E-state index < -0.39 is 5.97 Å². The third-order valence-electron chi connectivity index (χ3n) is 5.73. The van der Waals surface area contributed by atoms with E-state index in [1.165, 1.54) is 17.5 Å². The number of carbonyl (C=O) groups excluding carboxylic acids is 2. The molecule has 36 heavy (non-hydrogen) atoms. The highest BCUT2D eigenvalue weighted by atomic mass is 35.5. The van der Waals surface area contributed by atoms with Crippen LogP contribution in [0.4, 0.5) is 5.00 Å². The molecule has 0 saturated carbocycles. The standard InChI is InChI=1S/C24H22ClN5O4S2/c1-2-34-23(33)19-15-5-3-4-6-17(15)36-22(19)27-18(31)12-35-24-28-20-16(21(32)29-24)11-26-30(20)14-9-7-13(25)8-10-14/h7-11H,2-6,12H2,1H3,(H,27,31)(H,28,29,32). The molecule has 3 aromatic heterocycles. The highest BCUT2D eigenvalue weighted by Gasteiger charge is 2.27. The molecule has 0 bridgehead atoms. The summed E-state index contributed by atoms with van der Waals surface area (Å²) in [5.41, 5.74) is 2.18. The first-order valence-electron chi connectivity index (χ1n) is 11.4. The van der Waals surface area contributed by atoms with Crippen molar-refractivity contribution in [1.82, 2.24) is 19.7 Å². The number of esters is 1. The number of aromatic nitrogens is 4. The third-order valence-corrected chi connectivity index (χ3v) is 8.06. The number of benzene rings is 1. The third kappa shape index (κ3) is 4.91. The second-order valence-corrected chi connectivity index (χ2v) is 10.6. The molecule has 0 saturated heterocycles. The molecule has 0 spiro atoms. The molecular formula is C24H22ClN5O4S2. The van der Waals surface area contributed by atoms with Crippen LogP contribution in [-0.4, -0.2) is 44.0 Å². The van der Waals surface area contributed by atoms with Gasteiger partial charge in [0.15, 0.2) is 10.8 Å². The van der Waals surface area contributed by atoms with E-state index in [0.717, 1.165) is 47.9 Å². The smallest absolute Gasteiger partial charge is 0.341 e. The largest absolute Gasteiger partial charge is 0.462 e. The summed E-state index contributed by atoms with van der Waals surface area (Å²) in [6, 6.07) is 7.01. The van der Waals surface area contributed by atoms with Crippen molar-refractivity contribution in [2.45, 2.75) is 37.8 Å². The first-order valence-corrected chi connectivity index (χ1v) is 13.6. The summed E-state index contributed by atoms with van der Waals surface area (Å²) >= 11 is 8.51. The van der Waals surface area contributed by atoms with Gasteiger partial charge in [0.25, 0.3) is 5.56 Å². The van der Waals surface area contributed by atoms with E-state index in [1.807, 2.05) is 0 Å². The molecule has 5 rings (SSSR count). The van der Waals surface area contributed by atoms with Crippen LogP contribution in [0.3, 0.4) is 0 Å². The first-order chi connectivity index (χ1) is 17.4. The highest BCUT2D eigenvalue weighted by Crippen LogP contribution is 2.38. The zero-order chi connectivity index (χ0) is 25.2. The lowest BCUT2D eigenvalue weighted by molar-refractivity contribution is -0.113. The minimum absolute atomic E-state index is 0.00559. The fraction of sp³-hybridized carbons (Fsp3) is 0.292. The van der Waals surface area contributed by atoms with E-state index in [0.29, 0.717) is 32.3 Å². The van der Waals surface area contributed by atoms with Gasteiger partial charge in [0.05, 0.1) is 29.8 Å². The number of thiophene rings is 1. The molecule has 1 amide bonds. The molecule has 1 aliphatic rings. The van der Waals surface area contributed by atoms with Crippen LogP contribution in [0.5, 0.6) is 0 Å². The summed E-state index contributed by atoms with van der Waals surface area (Å²) in [5.74, 6) is -0.723. The van der Waals surface area contributed by atoms with Crippen LogP contribution in [-0.2, 0) is 22.4 Å². The number of halogens is 1. The summed E-state index contributed by atoms with van der Waals surface area (Å²) in [4.78, 5) is 46.4. The van der Waals surface area contributed by atoms with Gasteiger partial charge in [0.1, 0.15) is 10.4 Å². The average Bonchev–Trinajstić information content (AvgIpc) is 3.45. The second-order valence-electron chi connectivity index (χ2n) is 8.11. The first kappa shape index (κ1) is 24.5. The zero-order valence-electron chi connectivity index (χ0n) is 19.3. The molecule has 186 valence electrons. The maximum Gasteiger partial charge on any atom is 0.341 e. The van der Waals surface area contributed by atoms with Gasteiger partial charge in [-0.15, -0.1) is 11.3 Å². The monoisotopic (exact) mass is 543 g/mol. The second kappa shape index (κ2) is 10.5. The zero-order valence-corrected chi connectivity index (χ0v) is 21.7. The highest BCUT2D eigenvalue weighted by molar-refractivity contribution is 7.99. The van der Waals surface area contributed by atoms with Crippen LogP contribution in [0.2, 0.25) is 5.02 Å². The summed E-state index contributed by atoms with van der Waals surface area (Å²) in [6.07, 6.45) is 5.22. The normalized spacial score (nSPS) is 12.9. The molecule has 0 aliphatic heterocycles. The van der Waals surface area contributed by atoms with Crippen molar-refractivity contribution in [2.24, 2.45) is 0 Å². The van der Waals surface area contributed by atoms with Crippen molar-refractivity contribution in [2.75, 3.05) is 17.7 Å². The maximum absolute atomic E-state index is 12.8. The van der Waals surface area contributed by atoms with Crippen LogP contribution in [0, 0.1) is 0 Å². The number of hydrogen-bond donors (Lipinski definition) is 2. The predicted molar refractivity (Wildman–Crippen MR) is 141 cm³/mol. The number of nitrogens with zero attached hydrogens (tertiary/aromatic N) is 3. The van der Waals surface area contributed by atoms with E-state index in [1.54, 1.807) is 35.9 Å². The van der Waals surface area contributed by atoms with Crippen molar-refractivity contribution in [3.05, 3.63) is 61.8 Å². The predicted octanol–water partition coefficient (Wildman–Crippen LogP) is 4.61. The Morgan fingerprint density at radius 2 is 2.03 bits per heavy atom. The lowest BCUT2D eigenvalue weighted by Gasteiger charge is -2.12. The number of aromatic amines is 1. The van der Waals surface area contributed by atoms with Gasteiger partial charge in [-0.2, -0.15) is 5.10 Å². The number of thioether (sulfide) groups is 1. The van der Waals surface area contributed by atoms with Crippen LogP contribution >= 0.6 is 34.7 Å². The number of hydrogen-bond acceptors (Lipinski definition) is 8. The van der Waals surface area contributed by atoms with Gasteiger partial charge in [-0.3, -0.25) is 9.59 Å². The van der Waals surface area contributed by atoms with Crippen LogP contribution in [0.25, 0.3) is 16.7 Å². The van der Waals surface area contributed by atoms with Crippen molar-refractivity contribution < 1.29 is 14.3 Å². The molecule has 2 N–H and O–H groups in total. The summed E-state index contributed by atoms with van der Waals surface area (Å²) < 4.78 is 6.80. The Labute approximate surface area is 219 Å². The van der Waals surface area contributed by atoms with Crippen molar-refractivity contribution in [1.29, 1.82) is 0 Å². The van der Waals surface area contributed by atoms with Crippen molar-refractivity contribution >= 4 is 62.6 Å². The molecule has 0 radical (unpaired) electrons. The fourth-order valence-electron chi connectivity index (χ4n) is 4.11. The lowest BCUT2D eigenvalue weighted by Crippen LogP contribution is -2.18. The molecule has 12 heteroatoms. The summed E-state index contributed by atoms with van der Waals surface area (Å²) in [5, 5.41) is 8.88. The lowest BCUT2D eigenvalue weighted by atomic mass is 9.95. The van der Waals surface area contributed by atoms with E-state index in [4.69, 9.17) is 16.3 Å². The Morgan fingerprint density at radius 1 is 1.25 bits per heavy atom. The van der Waals surface area contributed by atoms with Gasteiger partial charge in [-0.05, 0) is 62.4 Å². The Kier molecular flexibility index (Phi) is 7.13. The van der Waals surface area contributed by atoms with Gasteiger partial charge in [-0.1, -0.05) is 23.4 Å². The summed E-state index contributed by atoms with van der Waals surface area (Å²) in [7, 11) is 0. The molecule has 0 unspecified atom stereocenters. The number of fused-ring (bicyclic) bond motifs is 2. The van der Waals surface area contributed by atoms with E-state index in [-0.39, 0.29) is 29.0 Å². The van der Waals surface area contributed by atoms with Crippen LogP contribution in [0.15, 0.2) is 40.4 Å². The van der Waals surface area contributed by atoms with E-state index in [9.17, 15) is 14.4 Å². The van der Waals surface area contributed by atoms with E-state index in [2.05, 4.69) is 20.4 Å². The fourth-order valence-corrected chi connectivity index (χ4v) is 6.18. The number of carbonyl (C=O) groups is 2. The molecule has 4 aromatic rings. The number of anilines is 1. The van der Waals surface area contributed by atoms with E-state index >= 15 is 0 Å². The molecule has 9 nitrogen and oxygen atoms in total. The van der Waals surface area contributed by atoms with Gasteiger partial charge < -0.3 is 15.0 Å². The molecule has 1 aromatic carbocycles. The molecule has 1 aliphatic carbocycles. The minimum atomic E-state index is -0.410. The Balaban J connectivity index is 1.35. The molecule has 3 heterocycles. The average molecular weight is 544 g/mol. The molecular weight excluding hydrogens is 522 g/mol. The molecule has 0 atom stereocenters. The van der Waals surface area contributed by atoms with Crippen LogP contribution in [0.1, 0.15) is 40.6 Å². The van der Waals surface area contributed by atoms with Gasteiger partial charge in [0, 0.05) is 9.90 Å². The van der Waals surface area contributed by atoms with Gasteiger partial charge in [-0.25, -0.2) is 14.5 Å². The Morgan fingerprint density at radius 3 is 2.81 bits per heavy atom. The van der Waals surface area contributed by atoms with Gasteiger partial charge in [0.2, 0.25) is 5.91 Å². The number of H-pyrrole nitrogens is 1. The number of aryl methyl sites for hydroxylation is 1. The van der Waals surface area contributed by atoms with Gasteiger partial charge >= 0.3 is 5.97 Å². The minimum Gasteiger partial charge on any atom is -0.462 e. The maximum atomic E-state index is 12.8. The number of ether oxygens (including phenoxy) is 1. The number of nitrogens with one attached hydrogen (secondary N) is 2. The number of rotatable bonds is 7. The topological polar surface area (TPSA) is 119 Å². The quantitative estimate of drug-likeness (QED) is 0.198. The number of amides is 1. The Hall–Kier alpha value is -3.15. The van der Waals surface area contributed by atoms with Crippen molar-refractivity contribution in [3.8, 4) is 5.69 Å². The SMILES string of the molecule is CCOC(=O)c1c(NC(=O)CSc2nc3c(cnn3-c3ccc(Cl)cc3)c(=O)[nH]2)sc2c1CCCC2. The van der Waals surface area contributed by atoms with Crippen LogP contribution < -0.4 is 10.9 Å².